The number of amides is 8. The number of hydrogen-bond donors (Lipinski definition) is 12. The van der Waals surface area contributed by atoms with Crippen molar-refractivity contribution in [2.75, 3.05) is 13.2 Å². The summed E-state index contributed by atoms with van der Waals surface area (Å²) in [6.07, 6.45) is 1.59. The third kappa shape index (κ3) is 22.7. The topological polar surface area (TPSA) is 371 Å². The highest BCUT2D eigenvalue weighted by atomic mass is 16.5. The Balaban J connectivity index is 2.22. The van der Waals surface area contributed by atoms with Gasteiger partial charge in [0.2, 0.25) is 41.4 Å². The van der Waals surface area contributed by atoms with Crippen LogP contribution in [0.15, 0.2) is 54.6 Å². The molecule has 6 atom stereocenters. The summed E-state index contributed by atoms with van der Waals surface area (Å²) in [6.45, 7) is 1.53. The van der Waals surface area contributed by atoms with Crippen LogP contribution >= 0.6 is 0 Å². The Morgan fingerprint density at radius 1 is 0.588 bits per heavy atom. The Hall–Kier alpha value is -7.30. The van der Waals surface area contributed by atoms with Crippen LogP contribution in [0.25, 0.3) is 0 Å². The minimum atomic E-state index is -1.76. The SMILES string of the molecule is CCCCCCCC[C@H](NC(=O)[C@H](CO)NC(=O)[C@H](CCC(=O)O)NC(=O)CNC(=O)[C@H](C)NC(=O)OCc1ccccc1)C(=O)N[C@@H](Cc1ccc(O)cc1)C(=O)N[C@@H](CCC(=O)O)C(N)=O. The predicted molar refractivity (Wildman–Crippen MR) is 242 cm³/mol. The fourth-order valence-electron chi connectivity index (χ4n) is 6.42. The Bertz CT molecular complexity index is 2000. The van der Waals surface area contributed by atoms with Crippen molar-refractivity contribution in [3.63, 3.8) is 0 Å². The second-order valence-electron chi connectivity index (χ2n) is 15.9. The van der Waals surface area contributed by atoms with Crippen LogP contribution in [0.2, 0.25) is 0 Å². The van der Waals surface area contributed by atoms with E-state index < -0.39 is 128 Å². The van der Waals surface area contributed by atoms with Gasteiger partial charge in [-0.2, -0.15) is 0 Å². The normalized spacial score (nSPS) is 13.4. The number of carbonyl (C=O) groups excluding carboxylic acids is 8. The van der Waals surface area contributed by atoms with Gasteiger partial charge in [0, 0.05) is 19.3 Å². The first-order valence-corrected chi connectivity index (χ1v) is 22.2. The largest absolute Gasteiger partial charge is 0.508 e. The molecule has 68 heavy (non-hydrogen) atoms. The second kappa shape index (κ2) is 30.8. The number of rotatable bonds is 32. The van der Waals surface area contributed by atoms with E-state index in [2.05, 4.69) is 37.2 Å². The van der Waals surface area contributed by atoms with Gasteiger partial charge in [0.1, 0.15) is 48.6 Å². The molecule has 0 bridgehead atoms. The van der Waals surface area contributed by atoms with Crippen molar-refractivity contribution >= 4 is 59.4 Å². The quantitative estimate of drug-likeness (QED) is 0.0421. The number of aliphatic hydroxyl groups excluding tert-OH is 1. The number of carboxylic acid groups (broad SMARTS) is 2. The van der Waals surface area contributed by atoms with Gasteiger partial charge >= 0.3 is 18.0 Å². The number of carbonyl (C=O) groups is 10. The molecule has 23 heteroatoms. The van der Waals surface area contributed by atoms with Crippen LogP contribution in [-0.4, -0.2) is 129 Å². The van der Waals surface area contributed by atoms with Gasteiger partial charge in [0.25, 0.3) is 0 Å². The maximum atomic E-state index is 14.0. The molecule has 8 amide bonds. The van der Waals surface area contributed by atoms with E-state index >= 15 is 0 Å². The maximum absolute atomic E-state index is 14.0. The zero-order chi connectivity index (χ0) is 50.6. The van der Waals surface area contributed by atoms with Gasteiger partial charge in [-0.05, 0) is 49.4 Å². The molecule has 0 aromatic heterocycles. The third-order valence-electron chi connectivity index (χ3n) is 10.3. The van der Waals surface area contributed by atoms with Gasteiger partial charge in [-0.1, -0.05) is 87.9 Å². The van der Waals surface area contributed by atoms with Crippen molar-refractivity contribution in [1.82, 2.24) is 37.2 Å². The standard InChI is InChI=1S/C45H64N8O15/c1-3-4-5-6-7-11-14-32(41(63)52-34(23-28-15-17-30(55)18-16-28)43(65)50-31(39(46)61)19-21-37(57)58)51-44(66)35(25-54)53-42(64)33(20-22-38(59)60)49-36(56)24-47-40(62)27(2)48-45(67)68-26-29-12-9-8-10-13-29/h8-10,12-13,15-18,27,31-35,54-55H,3-7,11,14,19-26H2,1-2H3,(H2,46,61)(H,47,62)(H,48,67)(H,49,56)(H,50,65)(H,51,66)(H,52,63)(H,53,64)(H,57,58)(H,59,60)/t27-,31-,32-,33-,34-,35-/m0/s1. The highest BCUT2D eigenvalue weighted by molar-refractivity contribution is 5.97. The summed E-state index contributed by atoms with van der Waals surface area (Å²) in [5, 5.41) is 55.0. The molecule has 0 radical (unpaired) electrons. The number of aliphatic hydroxyl groups is 1. The molecule has 0 fully saturated rings. The van der Waals surface area contributed by atoms with Crippen LogP contribution in [0.1, 0.15) is 95.6 Å². The highest BCUT2D eigenvalue weighted by Crippen LogP contribution is 2.14. The number of ether oxygens (including phenoxy) is 1. The van der Waals surface area contributed by atoms with Gasteiger partial charge in [-0.25, -0.2) is 4.79 Å². The molecule has 0 heterocycles. The first-order chi connectivity index (χ1) is 32.3. The van der Waals surface area contributed by atoms with Gasteiger partial charge in [0.15, 0.2) is 0 Å². The Morgan fingerprint density at radius 3 is 1.69 bits per heavy atom. The van der Waals surface area contributed by atoms with Crippen LogP contribution in [0, 0.1) is 0 Å². The first-order valence-electron chi connectivity index (χ1n) is 22.2. The number of unbranched alkanes of at least 4 members (excludes halogenated alkanes) is 5. The smallest absolute Gasteiger partial charge is 0.408 e. The minimum Gasteiger partial charge on any atom is -0.508 e. The summed E-state index contributed by atoms with van der Waals surface area (Å²) >= 11 is 0. The molecule has 2 aromatic carbocycles. The Morgan fingerprint density at radius 2 is 1.10 bits per heavy atom. The zero-order valence-electron chi connectivity index (χ0n) is 38.1. The predicted octanol–water partition coefficient (Wildman–Crippen LogP) is -0.252. The number of phenols is 1. The summed E-state index contributed by atoms with van der Waals surface area (Å²) in [7, 11) is 0. The van der Waals surface area contributed by atoms with E-state index in [9.17, 15) is 63.3 Å². The molecule has 0 saturated carbocycles. The monoisotopic (exact) mass is 956 g/mol. The zero-order valence-corrected chi connectivity index (χ0v) is 38.1. The average Bonchev–Trinajstić information content (AvgIpc) is 3.30. The van der Waals surface area contributed by atoms with E-state index in [1.54, 1.807) is 30.3 Å². The lowest BCUT2D eigenvalue weighted by atomic mass is 10.0. The van der Waals surface area contributed by atoms with E-state index in [4.69, 9.17) is 15.6 Å². The average molecular weight is 957 g/mol. The lowest BCUT2D eigenvalue weighted by Gasteiger charge is -2.26. The molecule has 2 rings (SSSR count). The number of nitrogens with two attached hydrogens (primary N) is 1. The Kier molecular flexibility index (Phi) is 25.8. The number of hydrogen-bond acceptors (Lipinski definition) is 13. The third-order valence-corrected chi connectivity index (χ3v) is 10.3. The molecule has 23 nitrogen and oxygen atoms in total. The number of aliphatic carboxylic acids is 2. The molecular weight excluding hydrogens is 893 g/mol. The number of primary amides is 1. The Labute approximate surface area is 393 Å². The van der Waals surface area contributed by atoms with E-state index in [0.717, 1.165) is 25.7 Å². The first kappa shape index (κ1) is 56.8. The number of phenolic OH excluding ortho intramolecular Hbond substituents is 1. The molecule has 0 saturated heterocycles. The number of nitrogens with one attached hydrogen (secondary N) is 7. The molecule has 0 aliphatic rings. The van der Waals surface area contributed by atoms with Gasteiger partial charge in [-0.3, -0.25) is 43.2 Å². The van der Waals surface area contributed by atoms with Crippen LogP contribution < -0.4 is 43.0 Å². The van der Waals surface area contributed by atoms with E-state index in [-0.39, 0.29) is 31.6 Å². The van der Waals surface area contributed by atoms with Crippen molar-refractivity contribution in [3.8, 4) is 5.75 Å². The van der Waals surface area contributed by atoms with Crippen molar-refractivity contribution in [2.45, 2.75) is 134 Å². The molecule has 2 aromatic rings. The van der Waals surface area contributed by atoms with Crippen molar-refractivity contribution in [1.29, 1.82) is 0 Å². The molecule has 0 unspecified atom stereocenters. The van der Waals surface area contributed by atoms with E-state index in [1.165, 1.54) is 31.2 Å². The molecular formula is C45H64N8O15. The fraction of sp³-hybridized carbons (Fsp3) is 0.511. The van der Waals surface area contributed by atoms with Gasteiger partial charge in [0.05, 0.1) is 13.2 Å². The van der Waals surface area contributed by atoms with Crippen LogP contribution in [0.4, 0.5) is 4.79 Å². The molecule has 374 valence electrons. The van der Waals surface area contributed by atoms with Crippen LogP contribution in [-0.2, 0) is 60.9 Å². The molecule has 0 aliphatic carbocycles. The molecule has 0 spiro atoms. The molecule has 13 N–H and O–H groups in total. The summed E-state index contributed by atoms with van der Waals surface area (Å²) in [6, 6.07) is 5.55. The highest BCUT2D eigenvalue weighted by Gasteiger charge is 2.33. The number of carboxylic acids is 2. The van der Waals surface area contributed by atoms with Crippen LogP contribution in [0.5, 0.6) is 5.75 Å². The lowest BCUT2D eigenvalue weighted by Crippen LogP contribution is -2.60. The summed E-state index contributed by atoms with van der Waals surface area (Å²) in [5.41, 5.74) is 6.57. The summed E-state index contributed by atoms with van der Waals surface area (Å²) in [5.74, 6) is -9.49. The summed E-state index contributed by atoms with van der Waals surface area (Å²) < 4.78 is 5.08. The lowest BCUT2D eigenvalue weighted by molar-refractivity contribution is -0.139. The number of benzene rings is 2. The van der Waals surface area contributed by atoms with Crippen molar-refractivity contribution in [3.05, 3.63) is 65.7 Å². The van der Waals surface area contributed by atoms with E-state index in [1.807, 2.05) is 6.92 Å². The van der Waals surface area contributed by atoms with E-state index in [0.29, 0.717) is 24.0 Å². The molecule has 0 aliphatic heterocycles. The number of aromatic hydroxyl groups is 1. The fourth-order valence-corrected chi connectivity index (χ4v) is 6.42. The summed E-state index contributed by atoms with van der Waals surface area (Å²) in [4.78, 5) is 127. The van der Waals surface area contributed by atoms with Crippen LogP contribution in [0.3, 0.4) is 0 Å². The number of alkyl carbamates (subject to hydrolysis) is 1. The van der Waals surface area contributed by atoms with Crippen molar-refractivity contribution < 1.29 is 73.1 Å². The van der Waals surface area contributed by atoms with Gasteiger partial charge in [-0.15, -0.1) is 0 Å². The van der Waals surface area contributed by atoms with Gasteiger partial charge < -0.3 is 68.1 Å². The maximum Gasteiger partial charge on any atom is 0.408 e. The minimum absolute atomic E-state index is 0.0118. The van der Waals surface area contributed by atoms with Crippen molar-refractivity contribution in [2.24, 2.45) is 5.73 Å². The second-order valence-corrected chi connectivity index (χ2v) is 15.9.